The van der Waals surface area contributed by atoms with E-state index in [1.54, 1.807) is 0 Å². The summed E-state index contributed by atoms with van der Waals surface area (Å²) in [5.41, 5.74) is 9.15. The quantitative estimate of drug-likeness (QED) is 0.879. The van der Waals surface area contributed by atoms with E-state index in [1.807, 2.05) is 18.2 Å². The van der Waals surface area contributed by atoms with Gasteiger partial charge in [0.25, 0.3) is 0 Å². The first-order valence-corrected chi connectivity index (χ1v) is 7.54. The predicted molar refractivity (Wildman–Crippen MR) is 98.5 cm³/mol. The van der Waals surface area contributed by atoms with Crippen molar-refractivity contribution >= 4 is 47.3 Å². The fourth-order valence-electron chi connectivity index (χ4n) is 2.97. The van der Waals surface area contributed by atoms with Gasteiger partial charge in [0.1, 0.15) is 0 Å². The maximum Gasteiger partial charge on any atom is 0.0740 e. The second-order valence-electron chi connectivity index (χ2n) is 5.65. The normalized spacial score (nSPS) is 18.6. The van der Waals surface area contributed by atoms with Crippen LogP contribution in [0.4, 0.5) is 0 Å². The van der Waals surface area contributed by atoms with Gasteiger partial charge in [-0.15, -0.1) is 24.8 Å². The summed E-state index contributed by atoms with van der Waals surface area (Å²) in [5, 5.41) is 1.93. The van der Waals surface area contributed by atoms with E-state index in [9.17, 15) is 0 Å². The van der Waals surface area contributed by atoms with Crippen LogP contribution in [-0.2, 0) is 6.54 Å². The smallest absolute Gasteiger partial charge is 0.0740 e. The zero-order valence-electron chi connectivity index (χ0n) is 12.6. The maximum atomic E-state index is 6.51. The molecule has 0 saturated carbocycles. The lowest BCUT2D eigenvalue weighted by atomic mass is 10.1. The number of benzene rings is 1. The highest BCUT2D eigenvalue weighted by Crippen LogP contribution is 2.28. The SMILES string of the molecule is Cc1c(Cl)c(CN2CCC[C@@H](N)C2)nc2ccccc12.Cl.Cl. The number of fused-ring (bicyclic) bond motifs is 1. The molecule has 1 aromatic heterocycles. The largest absolute Gasteiger partial charge is 0.327 e. The van der Waals surface area contributed by atoms with Gasteiger partial charge in [0.05, 0.1) is 16.2 Å². The minimum Gasteiger partial charge on any atom is -0.327 e. The van der Waals surface area contributed by atoms with Crippen molar-refractivity contribution in [1.82, 2.24) is 9.88 Å². The summed E-state index contributed by atoms with van der Waals surface area (Å²) in [6, 6.07) is 8.44. The van der Waals surface area contributed by atoms with E-state index < -0.39 is 0 Å². The molecule has 3 rings (SSSR count). The summed E-state index contributed by atoms with van der Waals surface area (Å²) in [5.74, 6) is 0. The summed E-state index contributed by atoms with van der Waals surface area (Å²) in [7, 11) is 0. The number of aryl methyl sites for hydroxylation is 1. The monoisotopic (exact) mass is 361 g/mol. The zero-order chi connectivity index (χ0) is 14.1. The topological polar surface area (TPSA) is 42.1 Å². The first-order valence-electron chi connectivity index (χ1n) is 7.17. The third-order valence-corrected chi connectivity index (χ3v) is 4.56. The van der Waals surface area contributed by atoms with Crippen molar-refractivity contribution in [2.75, 3.05) is 13.1 Å². The summed E-state index contributed by atoms with van der Waals surface area (Å²) < 4.78 is 0. The third kappa shape index (κ3) is 4.03. The number of nitrogens with two attached hydrogens (primary N) is 1. The number of hydrogen-bond donors (Lipinski definition) is 1. The van der Waals surface area contributed by atoms with Gasteiger partial charge in [0.15, 0.2) is 0 Å². The average molecular weight is 363 g/mol. The van der Waals surface area contributed by atoms with Gasteiger partial charge in [-0.25, -0.2) is 4.98 Å². The van der Waals surface area contributed by atoms with Crippen LogP contribution in [0.2, 0.25) is 5.02 Å². The van der Waals surface area contributed by atoms with Gasteiger partial charge in [0.2, 0.25) is 0 Å². The molecule has 1 atom stereocenters. The minimum atomic E-state index is 0. The van der Waals surface area contributed by atoms with Gasteiger partial charge in [-0.1, -0.05) is 29.8 Å². The molecule has 0 radical (unpaired) electrons. The Morgan fingerprint density at radius 3 is 2.77 bits per heavy atom. The summed E-state index contributed by atoms with van der Waals surface area (Å²) in [4.78, 5) is 7.10. The zero-order valence-corrected chi connectivity index (χ0v) is 15.0. The number of piperidine rings is 1. The van der Waals surface area contributed by atoms with Gasteiger partial charge in [-0.2, -0.15) is 0 Å². The van der Waals surface area contributed by atoms with Crippen molar-refractivity contribution < 1.29 is 0 Å². The number of nitrogens with zero attached hydrogens (tertiary/aromatic N) is 2. The van der Waals surface area contributed by atoms with E-state index in [0.717, 1.165) is 59.7 Å². The Hall–Kier alpha value is -0.580. The molecule has 0 unspecified atom stereocenters. The fourth-order valence-corrected chi connectivity index (χ4v) is 3.17. The highest BCUT2D eigenvalue weighted by molar-refractivity contribution is 6.32. The van der Waals surface area contributed by atoms with E-state index in [-0.39, 0.29) is 30.9 Å². The second-order valence-corrected chi connectivity index (χ2v) is 6.03. The van der Waals surface area contributed by atoms with Crippen molar-refractivity contribution in [3.8, 4) is 0 Å². The molecule has 6 heteroatoms. The van der Waals surface area contributed by atoms with E-state index in [2.05, 4.69) is 17.9 Å². The Labute approximate surface area is 149 Å². The van der Waals surface area contributed by atoms with Crippen molar-refractivity contribution in [2.45, 2.75) is 32.4 Å². The van der Waals surface area contributed by atoms with Crippen molar-refractivity contribution in [1.29, 1.82) is 0 Å². The predicted octanol–water partition coefficient (Wildman–Crippen LogP) is 3.96. The molecular formula is C16H22Cl3N3. The summed E-state index contributed by atoms with van der Waals surface area (Å²) in [6.45, 7) is 4.87. The number of rotatable bonds is 2. The van der Waals surface area contributed by atoms with Crippen molar-refractivity contribution in [2.24, 2.45) is 5.73 Å². The van der Waals surface area contributed by atoms with Crippen molar-refractivity contribution in [3.05, 3.63) is 40.5 Å². The minimum absolute atomic E-state index is 0. The Morgan fingerprint density at radius 1 is 1.32 bits per heavy atom. The number of halogens is 3. The van der Waals surface area contributed by atoms with Gasteiger partial charge >= 0.3 is 0 Å². The molecule has 0 aliphatic carbocycles. The molecule has 1 aromatic carbocycles. The highest BCUT2D eigenvalue weighted by atomic mass is 35.5. The molecule has 2 heterocycles. The van der Waals surface area contributed by atoms with Crippen LogP contribution in [0.1, 0.15) is 24.1 Å². The van der Waals surface area contributed by atoms with Crippen LogP contribution in [0.5, 0.6) is 0 Å². The fraction of sp³-hybridized carbons (Fsp3) is 0.438. The van der Waals surface area contributed by atoms with Crippen LogP contribution in [-0.4, -0.2) is 29.0 Å². The molecule has 1 aliphatic heterocycles. The van der Waals surface area contributed by atoms with Crippen LogP contribution < -0.4 is 5.73 Å². The van der Waals surface area contributed by atoms with Gasteiger partial charge in [0, 0.05) is 24.5 Å². The van der Waals surface area contributed by atoms with Crippen LogP contribution >= 0.6 is 36.4 Å². The molecule has 2 aromatic rings. The molecule has 1 saturated heterocycles. The first-order chi connectivity index (χ1) is 9.65. The second kappa shape index (κ2) is 8.32. The van der Waals surface area contributed by atoms with Gasteiger partial charge < -0.3 is 5.73 Å². The molecule has 122 valence electrons. The highest BCUT2D eigenvalue weighted by Gasteiger charge is 2.19. The Morgan fingerprint density at radius 2 is 2.05 bits per heavy atom. The van der Waals surface area contributed by atoms with Gasteiger partial charge in [-0.05, 0) is 37.9 Å². The molecule has 3 nitrogen and oxygen atoms in total. The first kappa shape index (κ1) is 19.5. The standard InChI is InChI=1S/C16H20ClN3.2ClH/c1-11-13-6-2-3-7-14(13)19-15(16(11)17)10-20-8-4-5-12(18)9-20;;/h2-3,6-7,12H,4-5,8-10,18H2,1H3;2*1H/t12-;;/m1../s1. The van der Waals surface area contributed by atoms with E-state index in [4.69, 9.17) is 22.3 Å². The van der Waals surface area contributed by atoms with Gasteiger partial charge in [-0.3, -0.25) is 4.90 Å². The number of likely N-dealkylation sites (tertiary alicyclic amines) is 1. The van der Waals surface area contributed by atoms with E-state index in [1.165, 1.54) is 0 Å². The number of para-hydroxylation sites is 1. The molecular weight excluding hydrogens is 341 g/mol. The van der Waals surface area contributed by atoms with E-state index in [0.29, 0.717) is 0 Å². The lowest BCUT2D eigenvalue weighted by molar-refractivity contribution is 0.199. The molecule has 0 spiro atoms. The van der Waals surface area contributed by atoms with Crippen LogP contribution in [0.25, 0.3) is 10.9 Å². The number of aromatic nitrogens is 1. The third-order valence-electron chi connectivity index (χ3n) is 4.06. The Bertz CT molecular complexity index is 633. The molecule has 1 aliphatic rings. The average Bonchev–Trinajstić information content (AvgIpc) is 2.45. The Kier molecular flexibility index (Phi) is 7.36. The Balaban J connectivity index is 0.00000121. The molecule has 2 N–H and O–H groups in total. The maximum absolute atomic E-state index is 6.51. The molecule has 1 fully saturated rings. The van der Waals surface area contributed by atoms with E-state index >= 15 is 0 Å². The number of pyridine rings is 1. The lowest BCUT2D eigenvalue weighted by Gasteiger charge is -2.30. The lowest BCUT2D eigenvalue weighted by Crippen LogP contribution is -2.42. The molecule has 22 heavy (non-hydrogen) atoms. The molecule has 0 bridgehead atoms. The molecule has 0 amide bonds. The summed E-state index contributed by atoms with van der Waals surface area (Å²) in [6.07, 6.45) is 2.28. The number of hydrogen-bond acceptors (Lipinski definition) is 3. The van der Waals surface area contributed by atoms with Crippen LogP contribution in [0, 0.1) is 6.92 Å². The van der Waals surface area contributed by atoms with Crippen molar-refractivity contribution in [3.63, 3.8) is 0 Å². The van der Waals surface area contributed by atoms with Crippen LogP contribution in [0.15, 0.2) is 24.3 Å². The summed E-state index contributed by atoms with van der Waals surface area (Å²) >= 11 is 6.51. The van der Waals surface area contributed by atoms with Crippen LogP contribution in [0.3, 0.4) is 0 Å².